The van der Waals surface area contributed by atoms with E-state index in [0.29, 0.717) is 0 Å². The molecule has 2 N–H and O–H groups in total. The molecule has 2 aromatic heterocycles. The van der Waals surface area contributed by atoms with Crippen molar-refractivity contribution in [1.29, 1.82) is 0 Å². The van der Waals surface area contributed by atoms with E-state index in [1.165, 1.54) is 5.56 Å². The number of nitrogens with one attached hydrogen (secondary N) is 2. The average molecular weight is 284 g/mol. The zero-order valence-corrected chi connectivity index (χ0v) is 12.1. The predicted octanol–water partition coefficient (Wildman–Crippen LogP) is 3.68. The van der Waals surface area contributed by atoms with Gasteiger partial charge < -0.3 is 10.3 Å². The van der Waals surface area contributed by atoms with Crippen LogP contribution in [-0.2, 0) is 5.75 Å². The number of H-pyrrole nitrogens is 1. The minimum absolute atomic E-state index is 0.860. The lowest BCUT2D eigenvalue weighted by molar-refractivity contribution is 1.08. The fourth-order valence-electron chi connectivity index (χ4n) is 1.95. The van der Waals surface area contributed by atoms with E-state index in [-0.39, 0.29) is 0 Å². The van der Waals surface area contributed by atoms with Gasteiger partial charge in [-0.05, 0) is 30.7 Å². The number of imidazole rings is 1. The second kappa shape index (κ2) is 5.96. The maximum atomic E-state index is 4.55. The molecule has 0 aliphatic carbocycles. The summed E-state index contributed by atoms with van der Waals surface area (Å²) in [7, 11) is 0. The average Bonchev–Trinajstić information content (AvgIpc) is 2.90. The van der Waals surface area contributed by atoms with Gasteiger partial charge in [-0.15, -0.1) is 0 Å². The Morgan fingerprint density at radius 3 is 2.85 bits per heavy atom. The Kier molecular flexibility index (Phi) is 3.87. The second-order valence-electron chi connectivity index (χ2n) is 4.43. The fraction of sp³-hybridized carbons (Fsp3) is 0.200. The first kappa shape index (κ1) is 13.0. The summed E-state index contributed by atoms with van der Waals surface area (Å²) >= 11 is 1.69. The highest BCUT2D eigenvalue weighted by Crippen LogP contribution is 2.22. The van der Waals surface area contributed by atoms with Crippen molar-refractivity contribution < 1.29 is 0 Å². The number of aromatic amines is 1. The van der Waals surface area contributed by atoms with Gasteiger partial charge in [0.2, 0.25) is 0 Å². The number of benzene rings is 1. The van der Waals surface area contributed by atoms with Crippen molar-refractivity contribution in [2.75, 3.05) is 11.9 Å². The fourth-order valence-corrected chi connectivity index (χ4v) is 2.76. The van der Waals surface area contributed by atoms with E-state index < -0.39 is 0 Å². The van der Waals surface area contributed by atoms with Gasteiger partial charge in [0.25, 0.3) is 0 Å². The van der Waals surface area contributed by atoms with Crippen LogP contribution in [0.25, 0.3) is 11.0 Å². The highest BCUT2D eigenvalue weighted by atomic mass is 32.2. The molecular weight excluding hydrogens is 268 g/mol. The Morgan fingerprint density at radius 2 is 2.10 bits per heavy atom. The van der Waals surface area contributed by atoms with E-state index in [2.05, 4.69) is 33.3 Å². The number of fused-ring (bicyclic) bond motifs is 1. The summed E-state index contributed by atoms with van der Waals surface area (Å²) in [5.41, 5.74) is 3.28. The van der Waals surface area contributed by atoms with Gasteiger partial charge in [0.15, 0.2) is 5.16 Å². The first-order valence-electron chi connectivity index (χ1n) is 6.61. The molecule has 3 rings (SSSR count). The molecule has 4 nitrogen and oxygen atoms in total. The Balaban J connectivity index is 1.66. The van der Waals surface area contributed by atoms with E-state index in [9.17, 15) is 0 Å². The predicted molar refractivity (Wildman–Crippen MR) is 84.1 cm³/mol. The van der Waals surface area contributed by atoms with E-state index in [4.69, 9.17) is 0 Å². The van der Waals surface area contributed by atoms with E-state index >= 15 is 0 Å². The van der Waals surface area contributed by atoms with Gasteiger partial charge in [-0.25, -0.2) is 9.97 Å². The van der Waals surface area contributed by atoms with Crippen molar-refractivity contribution in [2.24, 2.45) is 0 Å². The molecule has 0 fully saturated rings. The monoisotopic (exact) mass is 284 g/mol. The van der Waals surface area contributed by atoms with Crippen LogP contribution in [0.2, 0.25) is 0 Å². The first-order valence-corrected chi connectivity index (χ1v) is 7.60. The second-order valence-corrected chi connectivity index (χ2v) is 5.39. The lowest BCUT2D eigenvalue weighted by Gasteiger charge is -2.03. The van der Waals surface area contributed by atoms with E-state index in [1.54, 1.807) is 11.8 Å². The van der Waals surface area contributed by atoms with Crippen LogP contribution < -0.4 is 5.32 Å². The van der Waals surface area contributed by atoms with Gasteiger partial charge in [0, 0.05) is 18.5 Å². The van der Waals surface area contributed by atoms with Gasteiger partial charge in [0.05, 0.1) is 11.0 Å². The van der Waals surface area contributed by atoms with Crippen molar-refractivity contribution in [3.8, 4) is 0 Å². The summed E-state index contributed by atoms with van der Waals surface area (Å²) in [6, 6.07) is 12.2. The molecule has 2 heterocycles. The van der Waals surface area contributed by atoms with E-state index in [0.717, 1.165) is 34.3 Å². The third kappa shape index (κ3) is 2.93. The smallest absolute Gasteiger partial charge is 0.166 e. The van der Waals surface area contributed by atoms with Crippen molar-refractivity contribution >= 4 is 28.6 Å². The molecule has 0 saturated heterocycles. The number of pyridine rings is 1. The van der Waals surface area contributed by atoms with Gasteiger partial charge in [0.1, 0.15) is 5.82 Å². The van der Waals surface area contributed by atoms with Gasteiger partial charge in [-0.1, -0.05) is 30.0 Å². The summed E-state index contributed by atoms with van der Waals surface area (Å²) in [6.45, 7) is 2.95. The van der Waals surface area contributed by atoms with E-state index in [1.807, 2.05) is 36.5 Å². The van der Waals surface area contributed by atoms with Crippen LogP contribution in [0.5, 0.6) is 0 Å². The van der Waals surface area contributed by atoms with Gasteiger partial charge in [-0.3, -0.25) is 0 Å². The van der Waals surface area contributed by atoms with Crippen LogP contribution in [0.3, 0.4) is 0 Å². The Bertz CT molecular complexity index is 657. The first-order chi connectivity index (χ1) is 9.85. The number of hydrogen-bond acceptors (Lipinski definition) is 4. The van der Waals surface area contributed by atoms with Crippen molar-refractivity contribution in [3.63, 3.8) is 0 Å². The molecule has 1 aromatic carbocycles. The Morgan fingerprint density at radius 1 is 1.20 bits per heavy atom. The molecule has 3 aromatic rings. The Labute approximate surface area is 122 Å². The van der Waals surface area contributed by atoms with Gasteiger partial charge >= 0.3 is 0 Å². The summed E-state index contributed by atoms with van der Waals surface area (Å²) < 4.78 is 0. The highest BCUT2D eigenvalue weighted by Gasteiger charge is 2.03. The number of anilines is 1. The van der Waals surface area contributed by atoms with Gasteiger partial charge in [-0.2, -0.15) is 0 Å². The molecule has 5 heteroatoms. The SMILES string of the molecule is CCNc1ccc(CSc2nc3ccccc3[nH]2)cn1. The summed E-state index contributed by atoms with van der Waals surface area (Å²) in [6.07, 6.45) is 1.91. The number of nitrogens with zero attached hydrogens (tertiary/aromatic N) is 2. The van der Waals surface area contributed by atoms with Crippen LogP contribution in [-0.4, -0.2) is 21.5 Å². The lowest BCUT2D eigenvalue weighted by atomic mass is 10.3. The largest absolute Gasteiger partial charge is 0.370 e. The standard InChI is InChI=1S/C15H16N4S/c1-2-16-14-8-7-11(9-17-14)10-20-15-18-12-5-3-4-6-13(12)19-15/h3-9H,2,10H2,1H3,(H,16,17)(H,18,19). The molecule has 0 atom stereocenters. The molecule has 0 aliphatic heterocycles. The van der Waals surface area contributed by atoms with Crippen LogP contribution in [0, 0.1) is 0 Å². The molecule has 102 valence electrons. The van der Waals surface area contributed by atoms with Crippen molar-refractivity contribution in [3.05, 3.63) is 48.2 Å². The molecule has 0 amide bonds. The molecule has 0 saturated carbocycles. The zero-order chi connectivity index (χ0) is 13.8. The van der Waals surface area contributed by atoms with Crippen LogP contribution in [0.1, 0.15) is 12.5 Å². The van der Waals surface area contributed by atoms with Crippen LogP contribution in [0.4, 0.5) is 5.82 Å². The molecule has 20 heavy (non-hydrogen) atoms. The maximum Gasteiger partial charge on any atom is 0.166 e. The highest BCUT2D eigenvalue weighted by molar-refractivity contribution is 7.98. The minimum Gasteiger partial charge on any atom is -0.370 e. The summed E-state index contributed by atoms with van der Waals surface area (Å²) in [5.74, 6) is 1.78. The number of hydrogen-bond donors (Lipinski definition) is 2. The van der Waals surface area contributed by atoms with Crippen LogP contribution in [0.15, 0.2) is 47.8 Å². The summed E-state index contributed by atoms with van der Waals surface area (Å²) in [4.78, 5) is 12.2. The van der Waals surface area contributed by atoms with Crippen molar-refractivity contribution in [1.82, 2.24) is 15.0 Å². The van der Waals surface area contributed by atoms with Crippen LogP contribution >= 0.6 is 11.8 Å². The normalized spacial score (nSPS) is 10.8. The number of para-hydroxylation sites is 2. The molecule has 0 bridgehead atoms. The lowest BCUT2D eigenvalue weighted by Crippen LogP contribution is -1.98. The zero-order valence-electron chi connectivity index (χ0n) is 11.3. The molecule has 0 aliphatic rings. The maximum absolute atomic E-state index is 4.55. The number of aromatic nitrogens is 3. The quantitative estimate of drug-likeness (QED) is 0.702. The number of thioether (sulfide) groups is 1. The molecule has 0 spiro atoms. The molecular formula is C15H16N4S. The third-order valence-corrected chi connectivity index (χ3v) is 3.87. The van der Waals surface area contributed by atoms with Crippen molar-refractivity contribution in [2.45, 2.75) is 17.8 Å². The number of rotatable bonds is 5. The molecule has 0 radical (unpaired) electrons. The Hall–Kier alpha value is -2.01. The summed E-state index contributed by atoms with van der Waals surface area (Å²) in [5, 5.41) is 4.14. The third-order valence-electron chi connectivity index (χ3n) is 2.93. The molecule has 0 unspecified atom stereocenters. The topological polar surface area (TPSA) is 53.6 Å². The minimum atomic E-state index is 0.860.